The lowest BCUT2D eigenvalue weighted by Gasteiger charge is -2.22. The van der Waals surface area contributed by atoms with Crippen LogP contribution in [0, 0.1) is 0 Å². The van der Waals surface area contributed by atoms with E-state index in [2.05, 4.69) is 10.1 Å². The summed E-state index contributed by atoms with van der Waals surface area (Å²) in [6.45, 7) is 0.478. The molecular weight excluding hydrogens is 409 g/mol. The van der Waals surface area contributed by atoms with Gasteiger partial charge in [-0.15, -0.1) is 0 Å². The van der Waals surface area contributed by atoms with E-state index in [-0.39, 0.29) is 22.9 Å². The fourth-order valence-corrected chi connectivity index (χ4v) is 4.01. The van der Waals surface area contributed by atoms with Gasteiger partial charge in [0.25, 0.3) is 5.91 Å². The van der Waals surface area contributed by atoms with Crippen LogP contribution in [0.5, 0.6) is 0 Å². The normalized spacial score (nSPS) is 16.9. The molecule has 4 aromatic rings. The number of benzene rings is 1. The highest BCUT2D eigenvalue weighted by atomic mass is 19.4. The Bertz CT molecular complexity index is 1230. The van der Waals surface area contributed by atoms with Crippen molar-refractivity contribution in [2.24, 2.45) is 0 Å². The SMILES string of the molecule is O=C(c1cnn2c(C(F)(F)F)cc(-c3ccccc3)nc12)N1CCC[C@H]1c1ccco1. The number of hydrogen-bond donors (Lipinski definition) is 0. The Balaban J connectivity index is 1.64. The number of halogens is 3. The molecule has 1 amide bonds. The van der Waals surface area contributed by atoms with Crippen LogP contribution in [0.1, 0.15) is 40.7 Å². The standard InChI is InChI=1S/C22H17F3N4O2/c23-22(24,25)19-12-16(14-6-2-1-3-7-14)27-20-15(13-26-29(19)20)21(30)28-10-4-8-17(28)18-9-5-11-31-18/h1-3,5-7,9,11-13,17H,4,8,10H2/t17-/m0/s1. The zero-order valence-electron chi connectivity index (χ0n) is 16.2. The van der Waals surface area contributed by atoms with Crippen molar-refractivity contribution in [2.75, 3.05) is 6.54 Å². The first-order valence-electron chi connectivity index (χ1n) is 9.79. The lowest BCUT2D eigenvalue weighted by atomic mass is 10.1. The quantitative estimate of drug-likeness (QED) is 0.463. The molecule has 31 heavy (non-hydrogen) atoms. The molecular formula is C22H17F3N4O2. The number of furan rings is 1. The number of carbonyl (C=O) groups is 1. The van der Waals surface area contributed by atoms with E-state index in [1.54, 1.807) is 47.4 Å². The van der Waals surface area contributed by atoms with Crippen molar-refractivity contribution < 1.29 is 22.4 Å². The molecule has 4 heterocycles. The molecule has 5 rings (SSSR count). The maximum Gasteiger partial charge on any atom is 0.433 e. The highest BCUT2D eigenvalue weighted by molar-refractivity contribution is 6.00. The first-order chi connectivity index (χ1) is 14.9. The van der Waals surface area contributed by atoms with Crippen LogP contribution in [0.4, 0.5) is 13.2 Å². The van der Waals surface area contributed by atoms with Crippen molar-refractivity contribution in [3.8, 4) is 11.3 Å². The van der Waals surface area contributed by atoms with Gasteiger partial charge in [-0.3, -0.25) is 4.79 Å². The Kier molecular flexibility index (Phi) is 4.53. The van der Waals surface area contributed by atoms with Crippen LogP contribution in [-0.2, 0) is 6.18 Å². The van der Waals surface area contributed by atoms with Crippen molar-refractivity contribution in [1.82, 2.24) is 19.5 Å². The van der Waals surface area contributed by atoms with Crippen molar-refractivity contribution in [3.05, 3.63) is 78.0 Å². The fraction of sp³-hybridized carbons (Fsp3) is 0.227. The van der Waals surface area contributed by atoms with E-state index in [0.717, 1.165) is 25.1 Å². The minimum Gasteiger partial charge on any atom is -0.467 e. The zero-order valence-corrected chi connectivity index (χ0v) is 16.2. The molecule has 1 aliphatic rings. The number of rotatable bonds is 3. The predicted octanol–water partition coefficient (Wildman–Crippen LogP) is 4.99. The average Bonchev–Trinajstić information content (AvgIpc) is 3.52. The first kappa shape index (κ1) is 19.3. The monoisotopic (exact) mass is 426 g/mol. The van der Waals surface area contributed by atoms with Crippen molar-refractivity contribution in [2.45, 2.75) is 25.1 Å². The van der Waals surface area contributed by atoms with Crippen LogP contribution >= 0.6 is 0 Å². The Morgan fingerprint density at radius 3 is 2.65 bits per heavy atom. The van der Waals surface area contributed by atoms with E-state index in [9.17, 15) is 18.0 Å². The summed E-state index contributed by atoms with van der Waals surface area (Å²) < 4.78 is 47.5. The molecule has 0 spiro atoms. The van der Waals surface area contributed by atoms with Gasteiger partial charge in [-0.25, -0.2) is 9.50 Å². The van der Waals surface area contributed by atoms with E-state index in [0.29, 0.717) is 22.4 Å². The lowest BCUT2D eigenvalue weighted by Crippen LogP contribution is -2.30. The molecule has 6 nitrogen and oxygen atoms in total. The third kappa shape index (κ3) is 3.35. The van der Waals surface area contributed by atoms with Crippen LogP contribution in [0.25, 0.3) is 16.9 Å². The van der Waals surface area contributed by atoms with Gasteiger partial charge >= 0.3 is 6.18 Å². The minimum atomic E-state index is -4.67. The van der Waals surface area contributed by atoms with E-state index in [4.69, 9.17) is 4.42 Å². The molecule has 158 valence electrons. The van der Waals surface area contributed by atoms with Crippen LogP contribution in [0.15, 0.2) is 65.4 Å². The van der Waals surface area contributed by atoms with Crippen LogP contribution < -0.4 is 0 Å². The Morgan fingerprint density at radius 2 is 1.94 bits per heavy atom. The van der Waals surface area contributed by atoms with Gasteiger partial charge in [0.1, 0.15) is 11.3 Å². The number of fused-ring (bicyclic) bond motifs is 1. The number of aromatic nitrogens is 3. The predicted molar refractivity (Wildman–Crippen MR) is 105 cm³/mol. The largest absolute Gasteiger partial charge is 0.467 e. The van der Waals surface area contributed by atoms with Gasteiger partial charge in [0.2, 0.25) is 0 Å². The minimum absolute atomic E-state index is 0.0294. The molecule has 0 N–H and O–H groups in total. The average molecular weight is 426 g/mol. The Hall–Kier alpha value is -3.62. The molecule has 3 aromatic heterocycles. The van der Waals surface area contributed by atoms with Gasteiger partial charge in [-0.1, -0.05) is 30.3 Å². The third-order valence-corrected chi connectivity index (χ3v) is 5.45. The second-order valence-electron chi connectivity index (χ2n) is 7.36. The highest BCUT2D eigenvalue weighted by Crippen LogP contribution is 2.36. The summed E-state index contributed by atoms with van der Waals surface area (Å²) in [7, 11) is 0. The molecule has 1 aliphatic heterocycles. The van der Waals surface area contributed by atoms with Gasteiger partial charge in [-0.2, -0.15) is 18.3 Å². The molecule has 0 unspecified atom stereocenters. The maximum absolute atomic E-state index is 13.8. The lowest BCUT2D eigenvalue weighted by molar-refractivity contribution is -0.142. The second kappa shape index (κ2) is 7.26. The number of nitrogens with zero attached hydrogens (tertiary/aromatic N) is 4. The van der Waals surface area contributed by atoms with Crippen LogP contribution in [0.2, 0.25) is 0 Å². The van der Waals surface area contributed by atoms with E-state index < -0.39 is 17.8 Å². The number of likely N-dealkylation sites (tertiary alicyclic amines) is 1. The van der Waals surface area contributed by atoms with Crippen LogP contribution in [0.3, 0.4) is 0 Å². The molecule has 1 atom stereocenters. The summed E-state index contributed by atoms with van der Waals surface area (Å²) in [4.78, 5) is 19.3. The molecule has 1 saturated heterocycles. The Morgan fingerprint density at radius 1 is 1.13 bits per heavy atom. The van der Waals surface area contributed by atoms with Gasteiger partial charge < -0.3 is 9.32 Å². The summed E-state index contributed by atoms with van der Waals surface area (Å²) in [5, 5.41) is 3.86. The van der Waals surface area contributed by atoms with Gasteiger partial charge in [0.15, 0.2) is 11.3 Å². The first-order valence-corrected chi connectivity index (χ1v) is 9.79. The van der Waals surface area contributed by atoms with Crippen molar-refractivity contribution >= 4 is 11.6 Å². The van der Waals surface area contributed by atoms with Gasteiger partial charge in [0, 0.05) is 12.1 Å². The van der Waals surface area contributed by atoms with E-state index in [1.807, 2.05) is 0 Å². The number of carbonyl (C=O) groups excluding carboxylic acids is 1. The molecule has 1 aromatic carbocycles. The van der Waals surface area contributed by atoms with Crippen LogP contribution in [-0.4, -0.2) is 31.9 Å². The summed E-state index contributed by atoms with van der Waals surface area (Å²) in [6.07, 6.45) is -0.482. The molecule has 9 heteroatoms. The van der Waals surface area contributed by atoms with Gasteiger partial charge in [-0.05, 0) is 31.0 Å². The molecule has 0 aliphatic carbocycles. The van der Waals surface area contributed by atoms with E-state index in [1.165, 1.54) is 6.26 Å². The topological polar surface area (TPSA) is 63.6 Å². The maximum atomic E-state index is 13.8. The van der Waals surface area contributed by atoms with E-state index >= 15 is 0 Å². The summed E-state index contributed by atoms with van der Waals surface area (Å²) in [5.74, 6) is 0.232. The molecule has 0 radical (unpaired) electrons. The molecule has 0 bridgehead atoms. The highest BCUT2D eigenvalue weighted by Gasteiger charge is 2.38. The third-order valence-electron chi connectivity index (χ3n) is 5.45. The molecule has 1 fully saturated rings. The summed E-state index contributed by atoms with van der Waals surface area (Å²) in [6, 6.07) is 12.8. The number of amides is 1. The summed E-state index contributed by atoms with van der Waals surface area (Å²) in [5.41, 5.74) is -0.436. The number of hydrogen-bond acceptors (Lipinski definition) is 4. The summed E-state index contributed by atoms with van der Waals surface area (Å²) >= 11 is 0. The van der Waals surface area contributed by atoms with Crippen molar-refractivity contribution in [3.63, 3.8) is 0 Å². The second-order valence-corrected chi connectivity index (χ2v) is 7.36. The van der Waals surface area contributed by atoms with Gasteiger partial charge in [0.05, 0.1) is 24.2 Å². The Labute approximate surface area is 174 Å². The fourth-order valence-electron chi connectivity index (χ4n) is 4.01. The van der Waals surface area contributed by atoms with Crippen molar-refractivity contribution in [1.29, 1.82) is 0 Å². The zero-order chi connectivity index (χ0) is 21.6. The number of alkyl halides is 3. The molecule has 0 saturated carbocycles. The smallest absolute Gasteiger partial charge is 0.433 e.